The van der Waals surface area contributed by atoms with Gasteiger partial charge in [-0.1, -0.05) is 0 Å². The van der Waals surface area contributed by atoms with Crippen molar-refractivity contribution in [2.45, 2.75) is 19.4 Å². The lowest BCUT2D eigenvalue weighted by Gasteiger charge is -2.33. The van der Waals surface area contributed by atoms with Crippen molar-refractivity contribution >= 4 is 17.3 Å². The Kier molecular flexibility index (Phi) is 4.85. The van der Waals surface area contributed by atoms with E-state index in [2.05, 4.69) is 5.32 Å². The standard InChI is InChI=1S/C13H20FN3O2/c1-13(2,8-18)17(3)7-12(19)16-11-6-9(15)4-5-10(11)14/h4-6,18H,7-8,15H2,1-3H3,(H,16,19). The minimum Gasteiger partial charge on any atom is -0.399 e. The number of carbonyl (C=O) groups excluding carboxylic acids is 1. The lowest BCUT2D eigenvalue weighted by atomic mass is 10.1. The molecule has 0 saturated carbocycles. The van der Waals surface area contributed by atoms with Gasteiger partial charge in [0.15, 0.2) is 0 Å². The summed E-state index contributed by atoms with van der Waals surface area (Å²) >= 11 is 0. The summed E-state index contributed by atoms with van der Waals surface area (Å²) in [5, 5.41) is 11.7. The molecule has 0 fully saturated rings. The Morgan fingerprint density at radius 3 is 2.74 bits per heavy atom. The van der Waals surface area contributed by atoms with Crippen LogP contribution in [0.2, 0.25) is 0 Å². The topological polar surface area (TPSA) is 78.6 Å². The number of nitrogens with two attached hydrogens (primary N) is 1. The first kappa shape index (κ1) is 15.4. The van der Waals surface area contributed by atoms with Crippen molar-refractivity contribution < 1.29 is 14.3 Å². The van der Waals surface area contributed by atoms with Crippen LogP contribution in [0.1, 0.15) is 13.8 Å². The first-order chi connectivity index (χ1) is 8.76. The molecule has 5 nitrogen and oxygen atoms in total. The van der Waals surface area contributed by atoms with Crippen LogP contribution < -0.4 is 11.1 Å². The van der Waals surface area contributed by atoms with E-state index in [1.54, 1.807) is 25.8 Å². The van der Waals surface area contributed by atoms with Gasteiger partial charge in [-0.15, -0.1) is 0 Å². The molecule has 0 unspecified atom stereocenters. The van der Waals surface area contributed by atoms with Crippen LogP contribution in [0.5, 0.6) is 0 Å². The predicted molar refractivity (Wildman–Crippen MR) is 73.2 cm³/mol. The molecule has 1 amide bonds. The zero-order chi connectivity index (χ0) is 14.6. The molecule has 0 saturated heterocycles. The van der Waals surface area contributed by atoms with Gasteiger partial charge >= 0.3 is 0 Å². The van der Waals surface area contributed by atoms with Crippen LogP contribution in [0.4, 0.5) is 15.8 Å². The maximum Gasteiger partial charge on any atom is 0.238 e. The molecule has 1 aromatic carbocycles. The number of nitrogen functional groups attached to an aromatic ring is 1. The molecule has 1 aromatic rings. The van der Waals surface area contributed by atoms with Crippen LogP contribution in [0.15, 0.2) is 18.2 Å². The van der Waals surface area contributed by atoms with Crippen molar-refractivity contribution in [1.29, 1.82) is 0 Å². The average Bonchev–Trinajstić information content (AvgIpc) is 2.33. The third kappa shape index (κ3) is 4.18. The molecule has 0 spiro atoms. The number of amides is 1. The molecular formula is C13H20FN3O2. The maximum atomic E-state index is 13.4. The largest absolute Gasteiger partial charge is 0.399 e. The molecule has 106 valence electrons. The molecule has 0 heterocycles. The molecule has 6 heteroatoms. The number of rotatable bonds is 5. The van der Waals surface area contributed by atoms with Crippen LogP contribution in [0.3, 0.4) is 0 Å². The van der Waals surface area contributed by atoms with E-state index < -0.39 is 11.4 Å². The van der Waals surface area contributed by atoms with Crippen LogP contribution in [-0.2, 0) is 4.79 Å². The highest BCUT2D eigenvalue weighted by molar-refractivity contribution is 5.92. The Hall–Kier alpha value is -1.66. The van der Waals surface area contributed by atoms with Crippen molar-refractivity contribution in [3.63, 3.8) is 0 Å². The van der Waals surface area contributed by atoms with E-state index >= 15 is 0 Å². The number of nitrogens with one attached hydrogen (secondary N) is 1. The number of hydrogen-bond donors (Lipinski definition) is 3. The molecule has 0 aliphatic heterocycles. The smallest absolute Gasteiger partial charge is 0.238 e. The molecule has 1 rings (SSSR count). The van der Waals surface area contributed by atoms with E-state index in [4.69, 9.17) is 5.73 Å². The summed E-state index contributed by atoms with van der Waals surface area (Å²) in [5.41, 5.74) is 5.44. The first-order valence-electron chi connectivity index (χ1n) is 5.93. The fourth-order valence-corrected chi connectivity index (χ4v) is 1.38. The van der Waals surface area contributed by atoms with Crippen molar-refractivity contribution in [2.75, 3.05) is 31.2 Å². The molecule has 0 aliphatic carbocycles. The third-order valence-electron chi connectivity index (χ3n) is 3.07. The summed E-state index contributed by atoms with van der Waals surface area (Å²) in [6.07, 6.45) is 0. The Balaban J connectivity index is 2.68. The van der Waals surface area contributed by atoms with Gasteiger partial charge in [0.2, 0.25) is 5.91 Å². The Morgan fingerprint density at radius 2 is 2.16 bits per heavy atom. The van der Waals surface area contributed by atoms with Crippen LogP contribution in [0, 0.1) is 5.82 Å². The quantitative estimate of drug-likeness (QED) is 0.698. The predicted octanol–water partition coefficient (Wildman–Crippen LogP) is 1.05. The number of aliphatic hydroxyl groups is 1. The molecule has 0 aliphatic rings. The summed E-state index contributed by atoms with van der Waals surface area (Å²) in [7, 11) is 1.71. The minimum absolute atomic E-state index is 0.0435. The lowest BCUT2D eigenvalue weighted by Crippen LogP contribution is -2.47. The van der Waals surface area contributed by atoms with Crippen molar-refractivity contribution in [2.24, 2.45) is 0 Å². The highest BCUT2D eigenvalue weighted by Crippen LogP contribution is 2.18. The zero-order valence-corrected chi connectivity index (χ0v) is 11.4. The normalized spacial score (nSPS) is 11.7. The SMILES string of the molecule is CN(CC(=O)Nc1cc(N)ccc1F)C(C)(C)CO. The van der Waals surface area contributed by atoms with E-state index in [1.165, 1.54) is 18.2 Å². The molecule has 19 heavy (non-hydrogen) atoms. The van der Waals surface area contributed by atoms with Gasteiger partial charge in [0.25, 0.3) is 0 Å². The second kappa shape index (κ2) is 5.99. The highest BCUT2D eigenvalue weighted by atomic mass is 19.1. The van der Waals surface area contributed by atoms with E-state index in [0.29, 0.717) is 5.69 Å². The summed E-state index contributed by atoms with van der Waals surface area (Å²) in [6.45, 7) is 3.58. The summed E-state index contributed by atoms with van der Waals surface area (Å²) < 4.78 is 13.4. The first-order valence-corrected chi connectivity index (χ1v) is 5.93. The van der Waals surface area contributed by atoms with E-state index in [0.717, 1.165) is 0 Å². The van der Waals surface area contributed by atoms with Gasteiger partial charge in [-0.3, -0.25) is 9.69 Å². The number of nitrogens with zero attached hydrogens (tertiary/aromatic N) is 1. The van der Waals surface area contributed by atoms with Gasteiger partial charge in [-0.05, 0) is 39.1 Å². The number of anilines is 2. The van der Waals surface area contributed by atoms with Gasteiger partial charge in [-0.2, -0.15) is 0 Å². The second-order valence-electron chi connectivity index (χ2n) is 5.11. The lowest BCUT2D eigenvalue weighted by molar-refractivity contribution is -0.118. The van der Waals surface area contributed by atoms with Gasteiger partial charge in [-0.25, -0.2) is 4.39 Å². The fourth-order valence-electron chi connectivity index (χ4n) is 1.38. The Bertz CT molecular complexity index is 463. The Labute approximate surface area is 112 Å². The summed E-state index contributed by atoms with van der Waals surface area (Å²) in [4.78, 5) is 13.5. The average molecular weight is 269 g/mol. The van der Waals surface area contributed by atoms with Crippen LogP contribution in [0.25, 0.3) is 0 Å². The summed E-state index contributed by atoms with van der Waals surface area (Å²) in [6, 6.07) is 3.99. The van der Waals surface area contributed by atoms with Gasteiger partial charge in [0, 0.05) is 11.2 Å². The van der Waals surface area contributed by atoms with Crippen molar-refractivity contribution in [3.8, 4) is 0 Å². The fraction of sp³-hybridized carbons (Fsp3) is 0.462. The summed E-state index contributed by atoms with van der Waals surface area (Å²) in [5.74, 6) is -0.903. The third-order valence-corrected chi connectivity index (χ3v) is 3.07. The molecule has 0 radical (unpaired) electrons. The monoisotopic (exact) mass is 269 g/mol. The Morgan fingerprint density at radius 1 is 1.53 bits per heavy atom. The molecule has 0 aromatic heterocycles. The molecular weight excluding hydrogens is 249 g/mol. The maximum absolute atomic E-state index is 13.4. The van der Waals surface area contributed by atoms with E-state index in [9.17, 15) is 14.3 Å². The minimum atomic E-state index is -0.536. The van der Waals surface area contributed by atoms with Gasteiger partial charge in [0.1, 0.15) is 5.82 Å². The zero-order valence-electron chi connectivity index (χ0n) is 11.4. The van der Waals surface area contributed by atoms with E-state index in [-0.39, 0.29) is 24.7 Å². The number of aliphatic hydroxyl groups excluding tert-OH is 1. The van der Waals surface area contributed by atoms with Crippen LogP contribution >= 0.6 is 0 Å². The van der Waals surface area contributed by atoms with E-state index in [1.807, 2.05) is 0 Å². The molecule has 0 atom stereocenters. The molecule has 0 bridgehead atoms. The van der Waals surface area contributed by atoms with Gasteiger partial charge in [0.05, 0.1) is 18.8 Å². The number of likely N-dealkylation sites (N-methyl/N-ethyl adjacent to an activating group) is 1. The number of halogens is 1. The second-order valence-corrected chi connectivity index (χ2v) is 5.11. The van der Waals surface area contributed by atoms with Gasteiger partial charge < -0.3 is 16.2 Å². The number of carbonyl (C=O) groups is 1. The molecule has 4 N–H and O–H groups in total. The highest BCUT2D eigenvalue weighted by Gasteiger charge is 2.24. The number of benzene rings is 1. The van der Waals surface area contributed by atoms with Crippen LogP contribution in [-0.4, -0.2) is 41.7 Å². The van der Waals surface area contributed by atoms with Crippen molar-refractivity contribution in [3.05, 3.63) is 24.0 Å². The van der Waals surface area contributed by atoms with Crippen molar-refractivity contribution in [1.82, 2.24) is 4.90 Å². The number of hydrogen-bond acceptors (Lipinski definition) is 4.